The number of aromatic nitrogens is 3. The molecule has 2 aromatic heterocycles. The maximum atomic E-state index is 8.25. The van der Waals surface area contributed by atoms with Crippen molar-refractivity contribution in [3.8, 4) is 39.1 Å². The summed E-state index contributed by atoms with van der Waals surface area (Å²) in [5, 5.41) is 4.55. The van der Waals surface area contributed by atoms with Crippen LogP contribution in [-0.4, -0.2) is 14.5 Å². The van der Waals surface area contributed by atoms with Gasteiger partial charge in [-0.2, -0.15) is 0 Å². The van der Waals surface area contributed by atoms with Crippen molar-refractivity contribution in [3.05, 3.63) is 152 Å². The van der Waals surface area contributed by atoms with Crippen LogP contribution in [0.15, 0.2) is 146 Å². The molecule has 0 atom stereocenters. The van der Waals surface area contributed by atoms with Crippen LogP contribution in [0.1, 0.15) is 9.94 Å². The van der Waals surface area contributed by atoms with E-state index in [0.717, 1.165) is 60.6 Å². The zero-order valence-electron chi connectivity index (χ0n) is 25.7. The largest absolute Gasteiger partial charge is 0.297 e. The maximum absolute atomic E-state index is 8.25. The second kappa shape index (κ2) is 9.83. The van der Waals surface area contributed by atoms with Gasteiger partial charge in [0.2, 0.25) is 0 Å². The van der Waals surface area contributed by atoms with Gasteiger partial charge in [0.1, 0.15) is 5.82 Å². The van der Waals surface area contributed by atoms with Crippen LogP contribution in [0.3, 0.4) is 0 Å². The molecule has 0 aliphatic heterocycles. The van der Waals surface area contributed by atoms with Gasteiger partial charge in [0.15, 0.2) is 0 Å². The van der Waals surface area contributed by atoms with E-state index in [2.05, 4.69) is 101 Å². The lowest BCUT2D eigenvalue weighted by molar-refractivity contribution is 1.00. The molecule has 2 heterocycles. The SMILES string of the molecule is [2H]C([2H])([2H])c1nc2ccccc2n1-c1cccc(-c2c3ccccc3c(-c3cccc(-c4cccnc4)c3)c3ccccc23)c1. The summed E-state index contributed by atoms with van der Waals surface area (Å²) in [6.45, 7) is -2.37. The molecule has 0 saturated carbocycles. The van der Waals surface area contributed by atoms with E-state index in [1.165, 1.54) is 5.56 Å². The average molecular weight is 541 g/mol. The number of hydrogen-bond donors (Lipinski definition) is 0. The highest BCUT2D eigenvalue weighted by molar-refractivity contribution is 6.21. The molecule has 6 aromatic carbocycles. The van der Waals surface area contributed by atoms with Gasteiger partial charge < -0.3 is 0 Å². The van der Waals surface area contributed by atoms with Crippen molar-refractivity contribution < 1.29 is 4.11 Å². The smallest absolute Gasteiger partial charge is 0.111 e. The summed E-state index contributed by atoms with van der Waals surface area (Å²) in [5.41, 5.74) is 8.79. The Morgan fingerprint density at radius 1 is 0.548 bits per heavy atom. The quantitative estimate of drug-likeness (QED) is 0.208. The highest BCUT2D eigenvalue weighted by atomic mass is 15.1. The van der Waals surface area contributed by atoms with Crippen molar-refractivity contribution in [1.82, 2.24) is 14.5 Å². The second-order valence-corrected chi connectivity index (χ2v) is 10.5. The molecule has 0 aliphatic carbocycles. The number of aryl methyl sites for hydroxylation is 1. The zero-order valence-corrected chi connectivity index (χ0v) is 22.7. The molecule has 0 aliphatic rings. The molecule has 0 fully saturated rings. The number of nitrogens with zero attached hydrogens (tertiary/aromatic N) is 3. The molecular formula is C39H27N3. The lowest BCUT2D eigenvalue weighted by Gasteiger charge is -2.19. The molecule has 0 saturated heterocycles. The summed E-state index contributed by atoms with van der Waals surface area (Å²) in [5.74, 6) is 0.0550. The number of imidazole rings is 1. The van der Waals surface area contributed by atoms with Crippen molar-refractivity contribution >= 4 is 32.6 Å². The van der Waals surface area contributed by atoms with Crippen LogP contribution in [-0.2, 0) is 0 Å². The van der Waals surface area contributed by atoms with Gasteiger partial charge >= 0.3 is 0 Å². The van der Waals surface area contributed by atoms with E-state index in [-0.39, 0.29) is 5.82 Å². The third-order valence-electron chi connectivity index (χ3n) is 8.03. The summed E-state index contributed by atoms with van der Waals surface area (Å²) in [4.78, 5) is 8.87. The fraction of sp³-hybridized carbons (Fsp3) is 0.0256. The molecule has 8 rings (SSSR count). The maximum Gasteiger partial charge on any atom is 0.111 e. The Labute approximate surface area is 248 Å². The van der Waals surface area contributed by atoms with Crippen LogP contribution in [0.5, 0.6) is 0 Å². The number of rotatable bonds is 4. The van der Waals surface area contributed by atoms with Crippen LogP contribution in [0.25, 0.3) is 71.6 Å². The Kier molecular flexibility index (Phi) is 4.97. The summed E-state index contributed by atoms with van der Waals surface area (Å²) in [6.07, 6.45) is 3.69. The first kappa shape index (κ1) is 21.2. The average Bonchev–Trinajstić information content (AvgIpc) is 3.48. The van der Waals surface area contributed by atoms with Crippen molar-refractivity contribution in [2.45, 2.75) is 6.85 Å². The van der Waals surface area contributed by atoms with Gasteiger partial charge in [-0.15, -0.1) is 0 Å². The van der Waals surface area contributed by atoms with Gasteiger partial charge in [-0.25, -0.2) is 4.98 Å². The van der Waals surface area contributed by atoms with E-state index in [9.17, 15) is 0 Å². The molecule has 42 heavy (non-hydrogen) atoms. The van der Waals surface area contributed by atoms with Gasteiger partial charge in [-0.1, -0.05) is 97.1 Å². The third kappa shape index (κ3) is 3.90. The van der Waals surface area contributed by atoms with Crippen LogP contribution < -0.4 is 0 Å². The normalized spacial score (nSPS) is 12.8. The minimum Gasteiger partial charge on any atom is -0.297 e. The first-order valence-corrected chi connectivity index (χ1v) is 14.0. The summed E-state index contributed by atoms with van der Waals surface area (Å²) < 4.78 is 26.5. The highest BCUT2D eigenvalue weighted by Gasteiger charge is 2.18. The van der Waals surface area contributed by atoms with Gasteiger partial charge in [-0.05, 0) is 92.6 Å². The summed E-state index contributed by atoms with van der Waals surface area (Å²) in [6, 6.07) is 45.5. The van der Waals surface area contributed by atoms with Crippen LogP contribution in [0, 0.1) is 6.85 Å². The molecule has 0 bridgehead atoms. The van der Waals surface area contributed by atoms with E-state index in [4.69, 9.17) is 4.11 Å². The number of hydrogen-bond acceptors (Lipinski definition) is 2. The number of benzene rings is 6. The Morgan fingerprint density at radius 2 is 1.14 bits per heavy atom. The standard InChI is InChI=1S/C39H27N3/c1-26-41-36-20-6-7-21-37(36)42(26)31-15-9-13-29(24-31)39-34-18-4-2-16-32(34)38(33-17-3-5-19-35(33)39)28-12-8-11-27(23-28)30-14-10-22-40-25-30/h2-25H,1H3/i1D3. The Bertz CT molecular complexity index is 2320. The highest BCUT2D eigenvalue weighted by Crippen LogP contribution is 2.44. The molecule has 0 radical (unpaired) electrons. The van der Waals surface area contributed by atoms with E-state index in [1.54, 1.807) is 10.8 Å². The Morgan fingerprint density at radius 3 is 1.81 bits per heavy atom. The Hall–Kier alpha value is -5.54. The van der Waals surface area contributed by atoms with Gasteiger partial charge in [-0.3, -0.25) is 9.55 Å². The first-order valence-electron chi connectivity index (χ1n) is 15.5. The van der Waals surface area contributed by atoms with Crippen molar-refractivity contribution in [3.63, 3.8) is 0 Å². The second-order valence-electron chi connectivity index (χ2n) is 10.5. The van der Waals surface area contributed by atoms with E-state index in [1.807, 2.05) is 48.7 Å². The number of fused-ring (bicyclic) bond motifs is 3. The lowest BCUT2D eigenvalue weighted by Crippen LogP contribution is -1.97. The fourth-order valence-corrected chi connectivity index (χ4v) is 6.23. The number of pyridine rings is 1. The van der Waals surface area contributed by atoms with Gasteiger partial charge in [0.25, 0.3) is 0 Å². The van der Waals surface area contributed by atoms with Crippen LogP contribution in [0.4, 0.5) is 0 Å². The molecule has 0 spiro atoms. The molecule has 8 aromatic rings. The number of para-hydroxylation sites is 2. The molecule has 3 nitrogen and oxygen atoms in total. The topological polar surface area (TPSA) is 30.7 Å². The zero-order chi connectivity index (χ0) is 30.5. The van der Waals surface area contributed by atoms with Crippen LogP contribution in [0.2, 0.25) is 0 Å². The monoisotopic (exact) mass is 540 g/mol. The summed E-state index contributed by atoms with van der Waals surface area (Å²) >= 11 is 0. The predicted molar refractivity (Wildman–Crippen MR) is 175 cm³/mol. The summed E-state index contributed by atoms with van der Waals surface area (Å²) in [7, 11) is 0. The van der Waals surface area contributed by atoms with E-state index < -0.39 is 6.85 Å². The molecule has 3 heteroatoms. The fourth-order valence-electron chi connectivity index (χ4n) is 6.23. The molecular weight excluding hydrogens is 510 g/mol. The third-order valence-corrected chi connectivity index (χ3v) is 8.03. The Balaban J connectivity index is 1.39. The van der Waals surface area contributed by atoms with Crippen molar-refractivity contribution in [1.29, 1.82) is 0 Å². The minimum atomic E-state index is -2.37. The van der Waals surface area contributed by atoms with Crippen molar-refractivity contribution in [2.75, 3.05) is 0 Å². The van der Waals surface area contributed by atoms with Gasteiger partial charge in [0.05, 0.1) is 11.0 Å². The predicted octanol–water partition coefficient (Wildman–Crippen LogP) is 10.0. The molecule has 0 amide bonds. The lowest BCUT2D eigenvalue weighted by atomic mass is 9.85. The first-order chi connectivity index (χ1) is 22.0. The van der Waals surface area contributed by atoms with E-state index in [0.29, 0.717) is 5.52 Å². The molecule has 198 valence electrons. The minimum absolute atomic E-state index is 0.0550. The van der Waals surface area contributed by atoms with E-state index >= 15 is 0 Å². The van der Waals surface area contributed by atoms with Crippen molar-refractivity contribution in [2.24, 2.45) is 0 Å². The molecule has 0 unspecified atom stereocenters. The van der Waals surface area contributed by atoms with Gasteiger partial charge in [0, 0.05) is 27.8 Å². The molecule has 0 N–H and O–H groups in total. The van der Waals surface area contributed by atoms with Crippen LogP contribution >= 0.6 is 0 Å².